The number of alkyl halides is 3. The van der Waals surface area contributed by atoms with Crippen molar-refractivity contribution in [2.75, 3.05) is 26.2 Å². The van der Waals surface area contributed by atoms with Crippen LogP contribution in [0.15, 0.2) is 18.2 Å². The number of likely N-dealkylation sites (tertiary alicyclic amines) is 1. The van der Waals surface area contributed by atoms with Gasteiger partial charge < -0.3 is 9.64 Å². The molecule has 1 fully saturated rings. The highest BCUT2D eigenvalue weighted by Crippen LogP contribution is 2.32. The molecule has 5 nitrogen and oxygen atoms in total. The van der Waals surface area contributed by atoms with Crippen LogP contribution in [0.25, 0.3) is 0 Å². The van der Waals surface area contributed by atoms with Gasteiger partial charge in [-0.2, -0.15) is 17.5 Å². The lowest BCUT2D eigenvalue weighted by atomic mass is 9.93. The van der Waals surface area contributed by atoms with E-state index >= 15 is 0 Å². The molecule has 2 aliphatic heterocycles. The third-order valence-corrected chi connectivity index (χ3v) is 7.54. The predicted octanol–water partition coefficient (Wildman–Crippen LogP) is 3.78. The fourth-order valence-corrected chi connectivity index (χ4v) is 4.98. The molecule has 3 rings (SSSR count). The first-order chi connectivity index (χ1) is 13.6. The van der Waals surface area contributed by atoms with Crippen molar-refractivity contribution >= 4 is 10.0 Å². The third kappa shape index (κ3) is 5.24. The maximum absolute atomic E-state index is 12.8. The Hall–Kier alpha value is -1.32. The molecule has 0 atom stereocenters. The second kappa shape index (κ2) is 8.81. The van der Waals surface area contributed by atoms with Gasteiger partial charge in [0.25, 0.3) is 0 Å². The molecule has 9 heteroatoms. The Morgan fingerprint density at radius 3 is 2.45 bits per heavy atom. The fourth-order valence-electron chi connectivity index (χ4n) is 4.05. The first kappa shape index (κ1) is 22.4. The summed E-state index contributed by atoms with van der Waals surface area (Å²) in [5.74, 6) is 1.35. The smallest absolute Gasteiger partial charge is 0.494 e. The number of hydrogen-bond acceptors (Lipinski definition) is 4. The SMILES string of the molecule is CC(C)N1CCC(CCOc2ccc3c(c2)CCN(S(=O)(=O)C(F)(F)F)C3)CC1. The van der Waals surface area contributed by atoms with Gasteiger partial charge in [0, 0.05) is 19.1 Å². The standard InChI is InChI=1S/C20H29F3N2O3S/c1-15(2)24-9-5-16(6-10-24)8-12-28-19-4-3-18-14-25(11-7-17(18)13-19)29(26,27)20(21,22)23/h3-4,13,15-16H,5-12,14H2,1-2H3. The van der Waals surface area contributed by atoms with Gasteiger partial charge in [0.05, 0.1) is 6.61 Å². The highest BCUT2D eigenvalue weighted by atomic mass is 32.2. The Labute approximate surface area is 170 Å². The molecule has 0 aromatic heterocycles. The quantitative estimate of drug-likeness (QED) is 0.684. The lowest BCUT2D eigenvalue weighted by Gasteiger charge is -2.34. The number of hydrogen-bond donors (Lipinski definition) is 0. The van der Waals surface area contributed by atoms with Gasteiger partial charge in [-0.05, 0) is 81.8 Å². The van der Waals surface area contributed by atoms with Crippen LogP contribution in [0.4, 0.5) is 13.2 Å². The summed E-state index contributed by atoms with van der Waals surface area (Å²) in [6.45, 7) is 6.86. The molecular formula is C20H29F3N2O3S. The van der Waals surface area contributed by atoms with Gasteiger partial charge in [-0.3, -0.25) is 0 Å². The summed E-state index contributed by atoms with van der Waals surface area (Å²) >= 11 is 0. The maximum Gasteiger partial charge on any atom is 0.511 e. The number of nitrogens with zero attached hydrogens (tertiary/aromatic N) is 2. The fraction of sp³-hybridized carbons (Fsp3) is 0.700. The number of piperidine rings is 1. The third-order valence-electron chi connectivity index (χ3n) is 5.96. The molecule has 2 aliphatic rings. The number of fused-ring (bicyclic) bond motifs is 1. The van der Waals surface area contributed by atoms with Gasteiger partial charge in [0.2, 0.25) is 0 Å². The molecule has 0 aliphatic carbocycles. The van der Waals surface area contributed by atoms with Gasteiger partial charge in [0.1, 0.15) is 5.75 Å². The monoisotopic (exact) mass is 434 g/mol. The van der Waals surface area contributed by atoms with Crippen molar-refractivity contribution < 1.29 is 26.3 Å². The van der Waals surface area contributed by atoms with Crippen LogP contribution in [-0.2, 0) is 23.0 Å². The van der Waals surface area contributed by atoms with Gasteiger partial charge in [-0.1, -0.05) is 6.07 Å². The van der Waals surface area contributed by atoms with Crippen LogP contribution < -0.4 is 4.74 Å². The van der Waals surface area contributed by atoms with E-state index in [0.29, 0.717) is 34.2 Å². The molecule has 1 aromatic carbocycles. The zero-order chi connectivity index (χ0) is 21.2. The van der Waals surface area contributed by atoms with Crippen molar-refractivity contribution in [3.8, 4) is 5.75 Å². The van der Waals surface area contributed by atoms with Crippen molar-refractivity contribution in [1.29, 1.82) is 0 Å². The van der Waals surface area contributed by atoms with Crippen molar-refractivity contribution in [3.63, 3.8) is 0 Å². The zero-order valence-electron chi connectivity index (χ0n) is 16.9. The van der Waals surface area contributed by atoms with E-state index < -0.39 is 15.5 Å². The van der Waals surface area contributed by atoms with E-state index in [-0.39, 0.29) is 19.5 Å². The Morgan fingerprint density at radius 2 is 1.83 bits per heavy atom. The summed E-state index contributed by atoms with van der Waals surface area (Å²) in [6.07, 6.45) is 3.58. The van der Waals surface area contributed by atoms with Crippen molar-refractivity contribution in [2.45, 2.75) is 57.6 Å². The van der Waals surface area contributed by atoms with Gasteiger partial charge in [-0.25, -0.2) is 8.42 Å². The second-order valence-electron chi connectivity index (χ2n) is 8.18. The van der Waals surface area contributed by atoms with Gasteiger partial charge >= 0.3 is 15.5 Å². The highest BCUT2D eigenvalue weighted by Gasteiger charge is 2.50. The van der Waals surface area contributed by atoms with Crippen molar-refractivity contribution in [1.82, 2.24) is 9.21 Å². The maximum atomic E-state index is 12.8. The molecule has 1 aromatic rings. The van der Waals surface area contributed by atoms with E-state index in [1.54, 1.807) is 12.1 Å². The second-order valence-corrected chi connectivity index (χ2v) is 10.1. The predicted molar refractivity (Wildman–Crippen MR) is 105 cm³/mol. The van der Waals surface area contributed by atoms with E-state index in [0.717, 1.165) is 25.1 Å². The molecule has 0 saturated carbocycles. The Kier molecular flexibility index (Phi) is 6.80. The van der Waals surface area contributed by atoms with Crippen LogP contribution in [0.5, 0.6) is 5.75 Å². The molecule has 0 unspecified atom stereocenters. The van der Waals surface area contributed by atoms with Crippen LogP contribution in [0.2, 0.25) is 0 Å². The summed E-state index contributed by atoms with van der Waals surface area (Å²) < 4.78 is 67.9. The summed E-state index contributed by atoms with van der Waals surface area (Å²) in [5.41, 5.74) is -3.82. The molecule has 29 heavy (non-hydrogen) atoms. The van der Waals surface area contributed by atoms with Crippen LogP contribution in [0.3, 0.4) is 0 Å². The largest absolute Gasteiger partial charge is 0.511 e. The Morgan fingerprint density at radius 1 is 1.14 bits per heavy atom. The normalized spacial score (nSPS) is 20.1. The van der Waals surface area contributed by atoms with Crippen LogP contribution in [0.1, 0.15) is 44.2 Å². The summed E-state index contributed by atoms with van der Waals surface area (Å²) in [6, 6.07) is 5.80. The van der Waals surface area contributed by atoms with Crippen molar-refractivity contribution in [3.05, 3.63) is 29.3 Å². The average molecular weight is 435 g/mol. The molecule has 2 heterocycles. The van der Waals surface area contributed by atoms with E-state index in [1.165, 1.54) is 12.8 Å². The summed E-state index contributed by atoms with van der Waals surface area (Å²) in [7, 11) is -5.29. The van der Waals surface area contributed by atoms with Gasteiger partial charge in [0.15, 0.2) is 0 Å². The molecule has 164 valence electrons. The molecule has 0 bridgehead atoms. The van der Waals surface area contributed by atoms with E-state index in [2.05, 4.69) is 18.7 Å². The zero-order valence-corrected chi connectivity index (χ0v) is 17.7. The Balaban J connectivity index is 1.51. The summed E-state index contributed by atoms with van der Waals surface area (Å²) in [5, 5.41) is 0. The molecular weight excluding hydrogens is 405 g/mol. The first-order valence-electron chi connectivity index (χ1n) is 10.1. The lowest BCUT2D eigenvalue weighted by Crippen LogP contribution is -2.43. The molecule has 1 saturated heterocycles. The number of sulfonamides is 1. The van der Waals surface area contributed by atoms with Crippen LogP contribution in [-0.4, -0.2) is 55.4 Å². The topological polar surface area (TPSA) is 49.9 Å². The lowest BCUT2D eigenvalue weighted by molar-refractivity contribution is -0.0492. The van der Waals surface area contributed by atoms with Crippen molar-refractivity contribution in [2.24, 2.45) is 5.92 Å². The van der Waals surface area contributed by atoms with Crippen LogP contribution in [0, 0.1) is 5.92 Å². The molecule has 0 radical (unpaired) electrons. The number of rotatable bonds is 6. The minimum absolute atomic E-state index is 0.174. The van der Waals surface area contributed by atoms with E-state index in [4.69, 9.17) is 4.74 Å². The molecule has 0 amide bonds. The van der Waals surface area contributed by atoms with Crippen LogP contribution >= 0.6 is 0 Å². The Bertz CT molecular complexity index is 804. The van der Waals surface area contributed by atoms with E-state index in [1.807, 2.05) is 6.07 Å². The number of halogens is 3. The van der Waals surface area contributed by atoms with Gasteiger partial charge in [-0.15, -0.1) is 0 Å². The molecule has 0 spiro atoms. The number of ether oxygens (including phenoxy) is 1. The average Bonchev–Trinajstić information content (AvgIpc) is 2.67. The molecule has 0 N–H and O–H groups in total. The minimum Gasteiger partial charge on any atom is -0.494 e. The highest BCUT2D eigenvalue weighted by molar-refractivity contribution is 7.89. The first-order valence-corrected chi connectivity index (χ1v) is 11.6. The van der Waals surface area contributed by atoms with E-state index in [9.17, 15) is 21.6 Å². The minimum atomic E-state index is -5.29. The number of benzene rings is 1. The summed E-state index contributed by atoms with van der Waals surface area (Å²) in [4.78, 5) is 2.49.